The molecular weight excluding hydrogens is 257 g/mol. The van der Waals surface area contributed by atoms with Crippen molar-refractivity contribution >= 4 is 0 Å². The monoisotopic (exact) mass is 269 g/mol. The van der Waals surface area contributed by atoms with Crippen molar-refractivity contribution in [3.8, 4) is 28.4 Å². The summed E-state index contributed by atoms with van der Waals surface area (Å²) in [6, 6.07) is 12.2. The molecule has 3 aromatic rings. The first-order chi connectivity index (χ1) is 9.79. The van der Waals surface area contributed by atoms with E-state index in [4.69, 9.17) is 4.74 Å². The fourth-order valence-corrected chi connectivity index (χ4v) is 2.03. The zero-order valence-electron chi connectivity index (χ0n) is 10.8. The summed E-state index contributed by atoms with van der Waals surface area (Å²) in [5.74, 6) is -0.223. The molecule has 0 fully saturated rings. The van der Waals surface area contributed by atoms with E-state index in [2.05, 4.69) is 15.2 Å². The predicted molar refractivity (Wildman–Crippen MR) is 73.8 cm³/mol. The smallest absolute Gasteiger partial charge is 0.165 e. The maximum atomic E-state index is 13.7. The van der Waals surface area contributed by atoms with Crippen molar-refractivity contribution in [1.82, 2.24) is 15.2 Å². The van der Waals surface area contributed by atoms with E-state index in [0.717, 1.165) is 11.4 Å². The molecule has 0 atom stereocenters. The SMILES string of the molecule is COc1c(F)cccc1-c1cc(-c2ccccn2)[nH]n1. The Bertz CT molecular complexity index is 725. The number of para-hydroxylation sites is 1. The zero-order valence-corrected chi connectivity index (χ0v) is 10.8. The Morgan fingerprint density at radius 2 is 2.00 bits per heavy atom. The third kappa shape index (κ3) is 2.14. The fraction of sp³-hybridized carbons (Fsp3) is 0.0667. The molecule has 4 nitrogen and oxygen atoms in total. The van der Waals surface area contributed by atoms with Gasteiger partial charge in [-0.3, -0.25) is 10.1 Å². The van der Waals surface area contributed by atoms with Crippen LogP contribution in [0.1, 0.15) is 0 Å². The van der Waals surface area contributed by atoms with E-state index in [0.29, 0.717) is 11.3 Å². The van der Waals surface area contributed by atoms with Crippen LogP contribution in [0, 0.1) is 5.82 Å². The van der Waals surface area contributed by atoms with Crippen LogP contribution >= 0.6 is 0 Å². The average molecular weight is 269 g/mol. The standard InChI is InChI=1S/C15H12FN3O/c1-20-15-10(5-4-6-11(15)16)13-9-14(19-18-13)12-7-2-3-8-17-12/h2-9H,1H3,(H,18,19). The molecule has 2 aromatic heterocycles. The van der Waals surface area contributed by atoms with Gasteiger partial charge in [0.15, 0.2) is 11.6 Å². The maximum Gasteiger partial charge on any atom is 0.165 e. The highest BCUT2D eigenvalue weighted by Crippen LogP contribution is 2.32. The molecule has 2 heterocycles. The number of aromatic amines is 1. The second-order valence-electron chi connectivity index (χ2n) is 4.20. The van der Waals surface area contributed by atoms with Crippen LogP contribution in [0.2, 0.25) is 0 Å². The lowest BCUT2D eigenvalue weighted by molar-refractivity contribution is 0.388. The number of hydrogen-bond donors (Lipinski definition) is 1. The molecule has 20 heavy (non-hydrogen) atoms. The number of aromatic nitrogens is 3. The lowest BCUT2D eigenvalue weighted by atomic mass is 10.1. The van der Waals surface area contributed by atoms with E-state index in [1.54, 1.807) is 18.3 Å². The molecule has 1 aromatic carbocycles. The lowest BCUT2D eigenvalue weighted by Crippen LogP contribution is -1.91. The van der Waals surface area contributed by atoms with Crippen LogP contribution < -0.4 is 4.74 Å². The van der Waals surface area contributed by atoms with Gasteiger partial charge in [-0.2, -0.15) is 5.10 Å². The Kier molecular flexibility index (Phi) is 3.16. The Labute approximate surface area is 115 Å². The largest absolute Gasteiger partial charge is 0.493 e. The zero-order chi connectivity index (χ0) is 13.9. The molecule has 1 N–H and O–H groups in total. The highest BCUT2D eigenvalue weighted by atomic mass is 19.1. The van der Waals surface area contributed by atoms with Crippen LogP contribution in [-0.2, 0) is 0 Å². The Morgan fingerprint density at radius 3 is 2.75 bits per heavy atom. The summed E-state index contributed by atoms with van der Waals surface area (Å²) < 4.78 is 18.8. The number of ether oxygens (including phenoxy) is 1. The summed E-state index contributed by atoms with van der Waals surface area (Å²) in [6.07, 6.45) is 1.71. The van der Waals surface area contributed by atoms with E-state index in [-0.39, 0.29) is 5.75 Å². The minimum atomic E-state index is -0.410. The van der Waals surface area contributed by atoms with Crippen LogP contribution in [0.5, 0.6) is 5.75 Å². The summed E-state index contributed by atoms with van der Waals surface area (Å²) in [4.78, 5) is 4.24. The number of nitrogens with zero attached hydrogens (tertiary/aromatic N) is 2. The number of rotatable bonds is 3. The van der Waals surface area contributed by atoms with Crippen LogP contribution in [0.15, 0.2) is 48.7 Å². The summed E-state index contributed by atoms with van der Waals surface area (Å²) in [5, 5.41) is 7.10. The first-order valence-corrected chi connectivity index (χ1v) is 6.09. The number of H-pyrrole nitrogens is 1. The van der Waals surface area contributed by atoms with Gasteiger partial charge in [0, 0.05) is 11.8 Å². The highest BCUT2D eigenvalue weighted by Gasteiger charge is 2.14. The van der Waals surface area contributed by atoms with Crippen molar-refractivity contribution in [2.24, 2.45) is 0 Å². The van der Waals surface area contributed by atoms with Gasteiger partial charge in [-0.25, -0.2) is 4.39 Å². The van der Waals surface area contributed by atoms with E-state index in [9.17, 15) is 4.39 Å². The van der Waals surface area contributed by atoms with E-state index >= 15 is 0 Å². The first-order valence-electron chi connectivity index (χ1n) is 6.09. The number of nitrogens with one attached hydrogen (secondary N) is 1. The van der Waals surface area contributed by atoms with Gasteiger partial charge in [0.1, 0.15) is 0 Å². The van der Waals surface area contributed by atoms with Crippen LogP contribution in [-0.4, -0.2) is 22.3 Å². The topological polar surface area (TPSA) is 50.8 Å². The second kappa shape index (κ2) is 5.13. The van der Waals surface area contributed by atoms with Gasteiger partial charge in [0.2, 0.25) is 0 Å². The minimum Gasteiger partial charge on any atom is -0.493 e. The van der Waals surface area contributed by atoms with Crippen molar-refractivity contribution in [3.63, 3.8) is 0 Å². The van der Waals surface area contributed by atoms with Crippen molar-refractivity contribution in [2.75, 3.05) is 7.11 Å². The number of benzene rings is 1. The fourth-order valence-electron chi connectivity index (χ4n) is 2.03. The number of methoxy groups -OCH3 is 1. The number of hydrogen-bond acceptors (Lipinski definition) is 3. The van der Waals surface area contributed by atoms with Crippen molar-refractivity contribution in [3.05, 3.63) is 54.5 Å². The normalized spacial score (nSPS) is 10.5. The van der Waals surface area contributed by atoms with E-state index in [1.807, 2.05) is 24.3 Å². The Balaban J connectivity index is 2.05. The molecule has 3 rings (SSSR count). The summed E-state index contributed by atoms with van der Waals surface area (Å²) in [7, 11) is 1.44. The molecule has 0 saturated heterocycles. The molecule has 0 aliphatic carbocycles. The van der Waals surface area contributed by atoms with Crippen molar-refractivity contribution in [2.45, 2.75) is 0 Å². The predicted octanol–water partition coefficient (Wildman–Crippen LogP) is 3.29. The molecule has 100 valence electrons. The maximum absolute atomic E-state index is 13.7. The quantitative estimate of drug-likeness (QED) is 0.793. The molecule has 0 unspecified atom stereocenters. The number of halogens is 1. The van der Waals surface area contributed by atoms with Gasteiger partial charge in [-0.15, -0.1) is 0 Å². The van der Waals surface area contributed by atoms with Gasteiger partial charge in [0.05, 0.1) is 24.2 Å². The van der Waals surface area contributed by atoms with Gasteiger partial charge in [0.25, 0.3) is 0 Å². The molecule has 0 radical (unpaired) electrons. The van der Waals surface area contributed by atoms with Gasteiger partial charge in [-0.05, 0) is 30.3 Å². The van der Waals surface area contributed by atoms with E-state index < -0.39 is 5.82 Å². The average Bonchev–Trinajstić information content (AvgIpc) is 2.97. The van der Waals surface area contributed by atoms with Crippen LogP contribution in [0.3, 0.4) is 0 Å². The Morgan fingerprint density at radius 1 is 1.10 bits per heavy atom. The van der Waals surface area contributed by atoms with Crippen LogP contribution in [0.4, 0.5) is 4.39 Å². The summed E-state index contributed by atoms with van der Waals surface area (Å²) in [6.45, 7) is 0. The third-order valence-corrected chi connectivity index (χ3v) is 2.97. The van der Waals surface area contributed by atoms with Crippen molar-refractivity contribution < 1.29 is 9.13 Å². The molecule has 0 amide bonds. The molecule has 0 aliphatic heterocycles. The number of pyridine rings is 1. The van der Waals surface area contributed by atoms with E-state index in [1.165, 1.54) is 13.2 Å². The molecule has 0 spiro atoms. The minimum absolute atomic E-state index is 0.187. The molecule has 0 aliphatic rings. The highest BCUT2D eigenvalue weighted by molar-refractivity contribution is 5.71. The molecule has 5 heteroatoms. The molecular formula is C15H12FN3O. The lowest BCUT2D eigenvalue weighted by Gasteiger charge is -2.06. The van der Waals surface area contributed by atoms with Gasteiger partial charge in [-0.1, -0.05) is 12.1 Å². The third-order valence-electron chi connectivity index (χ3n) is 2.97. The summed E-state index contributed by atoms with van der Waals surface area (Å²) in [5.41, 5.74) is 2.77. The van der Waals surface area contributed by atoms with Gasteiger partial charge >= 0.3 is 0 Å². The van der Waals surface area contributed by atoms with Crippen LogP contribution in [0.25, 0.3) is 22.6 Å². The Hall–Kier alpha value is -2.69. The van der Waals surface area contributed by atoms with Crippen molar-refractivity contribution in [1.29, 1.82) is 0 Å². The molecule has 0 bridgehead atoms. The molecule has 0 saturated carbocycles. The second-order valence-corrected chi connectivity index (χ2v) is 4.20. The first kappa shape index (κ1) is 12.3. The van der Waals surface area contributed by atoms with Gasteiger partial charge < -0.3 is 4.74 Å². The summed E-state index contributed by atoms with van der Waals surface area (Å²) >= 11 is 0.